The summed E-state index contributed by atoms with van der Waals surface area (Å²) in [5.41, 5.74) is 0. The average Bonchev–Trinajstić information content (AvgIpc) is 2.15. The maximum absolute atomic E-state index is 5.01. The van der Waals surface area contributed by atoms with Gasteiger partial charge in [-0.25, -0.2) is 0 Å². The molecule has 0 atom stereocenters. The van der Waals surface area contributed by atoms with Crippen LogP contribution < -0.4 is 0 Å². The molecule has 0 aromatic heterocycles. The summed E-state index contributed by atoms with van der Waals surface area (Å²) in [6, 6.07) is 0. The zero-order chi connectivity index (χ0) is 10.4. The monoisotopic (exact) mass is 240 g/mol. The molecule has 0 saturated heterocycles. The summed E-state index contributed by atoms with van der Waals surface area (Å²) in [5, 5.41) is 3.06. The van der Waals surface area contributed by atoms with Crippen molar-refractivity contribution < 1.29 is 26.6 Å². The maximum atomic E-state index is 5.01. The van der Waals surface area contributed by atoms with Crippen molar-refractivity contribution in [2.45, 2.75) is 37.7 Å². The molecule has 0 aliphatic carbocycles. The van der Waals surface area contributed by atoms with Gasteiger partial charge in [0.05, 0.1) is 13.2 Å². The van der Waals surface area contributed by atoms with Crippen LogP contribution in [0.2, 0.25) is 10.0 Å². The molecule has 0 aromatic rings. The van der Waals surface area contributed by atoms with E-state index < -0.39 is 0 Å². The third kappa shape index (κ3) is 24.5. The van der Waals surface area contributed by atoms with Gasteiger partial charge in [-0.3, -0.25) is 0 Å². The first-order valence-electron chi connectivity index (χ1n) is 5.48. The van der Waals surface area contributed by atoms with Crippen molar-refractivity contribution in [1.82, 2.24) is 0 Å². The van der Waals surface area contributed by atoms with Crippen molar-refractivity contribution in [3.63, 3.8) is 0 Å². The van der Waals surface area contributed by atoms with Gasteiger partial charge >= 0.3 is 41.0 Å². The Morgan fingerprint density at radius 3 is 1.31 bits per heavy atom. The summed E-state index contributed by atoms with van der Waals surface area (Å²) in [6.07, 6.45) is 0. The van der Waals surface area contributed by atoms with E-state index in [1.54, 1.807) is 0 Å². The first-order valence-corrected chi connectivity index (χ1v) is 9.68. The fourth-order valence-corrected chi connectivity index (χ4v) is 2.24. The topological polar surface area (TPSA) is 18.5 Å². The second-order valence-electron chi connectivity index (χ2n) is 2.75. The predicted molar refractivity (Wildman–Crippen MR) is 53.9 cm³/mol. The van der Waals surface area contributed by atoms with E-state index in [0.717, 1.165) is 26.4 Å². The molecule has 0 saturated carbocycles. The van der Waals surface area contributed by atoms with Gasteiger partial charge in [-0.15, -0.1) is 0 Å². The molecule has 0 spiro atoms. The third-order valence-electron chi connectivity index (χ3n) is 1.49. The molecule has 78 valence electrons. The number of ether oxygens (including phenoxy) is 2. The van der Waals surface area contributed by atoms with Crippen LogP contribution in [0.3, 0.4) is 0 Å². The Morgan fingerprint density at radius 2 is 1.15 bits per heavy atom. The van der Waals surface area contributed by atoms with Crippen LogP contribution in [0.15, 0.2) is 0 Å². The van der Waals surface area contributed by atoms with Gasteiger partial charge in [0.2, 0.25) is 0 Å². The molecule has 0 radical (unpaired) electrons. The van der Waals surface area contributed by atoms with Crippen molar-refractivity contribution in [3.8, 4) is 0 Å². The third-order valence-corrected chi connectivity index (χ3v) is 4.45. The number of hydrogen-bond acceptors (Lipinski definition) is 2. The Kier molecular flexibility index (Phi) is 22.6. The SMILES string of the molecule is CCOCCOCC.C[CH2][Zn][CH2]C. The Labute approximate surface area is 91.0 Å². The molecule has 13 heavy (non-hydrogen) atoms. The quantitative estimate of drug-likeness (QED) is 0.504. The van der Waals surface area contributed by atoms with Crippen LogP contribution >= 0.6 is 0 Å². The average molecular weight is 242 g/mol. The van der Waals surface area contributed by atoms with Gasteiger partial charge in [-0.1, -0.05) is 0 Å². The summed E-state index contributed by atoms with van der Waals surface area (Å²) in [5.74, 6) is 0. The van der Waals surface area contributed by atoms with E-state index in [2.05, 4.69) is 13.8 Å². The van der Waals surface area contributed by atoms with E-state index in [1.807, 2.05) is 13.8 Å². The Balaban J connectivity index is 0. The normalized spacial score (nSPS) is 8.62. The van der Waals surface area contributed by atoms with E-state index in [-0.39, 0.29) is 17.1 Å². The zero-order valence-electron chi connectivity index (χ0n) is 9.77. The first-order chi connectivity index (χ1) is 6.33. The van der Waals surface area contributed by atoms with Gasteiger partial charge in [0.15, 0.2) is 0 Å². The molecule has 0 heterocycles. The van der Waals surface area contributed by atoms with Crippen LogP contribution in [0.25, 0.3) is 0 Å². The van der Waals surface area contributed by atoms with Crippen LogP contribution in [0.1, 0.15) is 27.7 Å². The molecule has 2 nitrogen and oxygen atoms in total. The van der Waals surface area contributed by atoms with Gasteiger partial charge in [-0.2, -0.15) is 0 Å². The first kappa shape index (κ1) is 16.0. The van der Waals surface area contributed by atoms with E-state index in [9.17, 15) is 0 Å². The molecule has 0 N–H and O–H groups in total. The van der Waals surface area contributed by atoms with Crippen LogP contribution in [-0.4, -0.2) is 26.4 Å². The fraction of sp³-hybridized carbons (Fsp3) is 1.00. The Hall–Kier alpha value is 0.543. The fourth-order valence-electron chi connectivity index (χ4n) is 0.760. The molecule has 0 bridgehead atoms. The summed E-state index contributed by atoms with van der Waals surface area (Å²) >= 11 is 0.0972. The number of rotatable bonds is 7. The van der Waals surface area contributed by atoms with Crippen LogP contribution in [0.5, 0.6) is 0 Å². The van der Waals surface area contributed by atoms with Crippen molar-refractivity contribution in [2.75, 3.05) is 26.4 Å². The molecule has 0 amide bonds. The standard InChI is InChI=1S/C6H14O2.2C2H5.Zn/c1-3-7-5-6-8-4-2;2*1-2;/h3-6H2,1-2H3;2*1H2,2H3;. The van der Waals surface area contributed by atoms with Crippen molar-refractivity contribution >= 4 is 0 Å². The molecule has 0 fully saturated rings. The molecule has 0 aromatic carbocycles. The molecular weight excluding hydrogens is 217 g/mol. The minimum atomic E-state index is 0.0972. The molecule has 3 heteroatoms. The van der Waals surface area contributed by atoms with Gasteiger partial charge in [0, 0.05) is 13.2 Å². The van der Waals surface area contributed by atoms with Crippen LogP contribution in [0, 0.1) is 0 Å². The Bertz CT molecular complexity index is 61.9. The van der Waals surface area contributed by atoms with Crippen molar-refractivity contribution in [2.24, 2.45) is 0 Å². The van der Waals surface area contributed by atoms with Gasteiger partial charge in [0.25, 0.3) is 0 Å². The zero-order valence-corrected chi connectivity index (χ0v) is 12.7. The van der Waals surface area contributed by atoms with Gasteiger partial charge < -0.3 is 9.47 Å². The molecule has 0 aliphatic heterocycles. The van der Waals surface area contributed by atoms with E-state index in [1.165, 1.54) is 10.0 Å². The molecule has 0 aliphatic rings. The second kappa shape index (κ2) is 18.4. The Morgan fingerprint density at radius 1 is 0.769 bits per heavy atom. The molecule has 0 unspecified atom stereocenters. The number of hydrogen-bond donors (Lipinski definition) is 0. The molecular formula is C10H24O2Zn. The summed E-state index contributed by atoms with van der Waals surface area (Å²) in [4.78, 5) is 0. The van der Waals surface area contributed by atoms with E-state index in [4.69, 9.17) is 9.47 Å². The summed E-state index contributed by atoms with van der Waals surface area (Å²) in [7, 11) is 0. The second-order valence-corrected chi connectivity index (χ2v) is 8.43. The van der Waals surface area contributed by atoms with Crippen LogP contribution in [-0.2, 0) is 26.6 Å². The summed E-state index contributed by atoms with van der Waals surface area (Å²) < 4.78 is 10.0. The van der Waals surface area contributed by atoms with Gasteiger partial charge in [0.1, 0.15) is 0 Å². The van der Waals surface area contributed by atoms with E-state index in [0.29, 0.717) is 0 Å². The summed E-state index contributed by atoms with van der Waals surface area (Å²) in [6.45, 7) is 11.6. The minimum absolute atomic E-state index is 0.0972. The molecule has 0 rings (SSSR count). The van der Waals surface area contributed by atoms with E-state index >= 15 is 0 Å². The van der Waals surface area contributed by atoms with Gasteiger partial charge in [-0.05, 0) is 13.8 Å². The van der Waals surface area contributed by atoms with Crippen molar-refractivity contribution in [3.05, 3.63) is 0 Å². The van der Waals surface area contributed by atoms with Crippen LogP contribution in [0.4, 0.5) is 0 Å². The predicted octanol–water partition coefficient (Wildman–Crippen LogP) is 3.00. The van der Waals surface area contributed by atoms with Crippen molar-refractivity contribution in [1.29, 1.82) is 0 Å².